The minimum absolute atomic E-state index is 0.00193. The first-order valence-electron chi connectivity index (χ1n) is 18.0. The van der Waals surface area contributed by atoms with Crippen LogP contribution in [0.1, 0.15) is 58.2 Å². The Morgan fingerprint density at radius 1 is 0.654 bits per heavy atom. The first-order valence-corrected chi connectivity index (χ1v) is 18.0. The molecular formula is C47H44N4O. The molecule has 0 atom stereocenters. The van der Waals surface area contributed by atoms with E-state index in [1.807, 2.05) is 10.8 Å². The van der Waals surface area contributed by atoms with Gasteiger partial charge in [0.25, 0.3) is 6.33 Å². The number of fused-ring (bicyclic) bond motifs is 3. The van der Waals surface area contributed by atoms with Gasteiger partial charge in [-0.25, -0.2) is 4.98 Å². The number of rotatable bonds is 6. The first-order chi connectivity index (χ1) is 24.9. The van der Waals surface area contributed by atoms with Crippen LogP contribution in [0.2, 0.25) is 0 Å². The molecule has 258 valence electrons. The lowest BCUT2D eigenvalue weighted by Gasteiger charge is -2.22. The smallest absolute Gasteiger partial charge is 0.268 e. The number of para-hydroxylation sites is 1. The van der Waals surface area contributed by atoms with Crippen molar-refractivity contribution in [2.45, 2.75) is 59.3 Å². The van der Waals surface area contributed by atoms with Crippen molar-refractivity contribution >= 4 is 21.8 Å². The summed E-state index contributed by atoms with van der Waals surface area (Å²) in [5.41, 5.74) is 10.2. The van der Waals surface area contributed by atoms with Gasteiger partial charge in [-0.15, -0.1) is 0 Å². The molecule has 0 spiro atoms. The molecule has 0 bridgehead atoms. The molecule has 5 heteroatoms. The Kier molecular flexibility index (Phi) is 8.10. The van der Waals surface area contributed by atoms with E-state index < -0.39 is 0 Å². The average Bonchev–Trinajstić information content (AvgIpc) is 3.75. The number of hydrogen-bond acceptors (Lipinski definition) is 2. The predicted molar refractivity (Wildman–Crippen MR) is 212 cm³/mol. The lowest BCUT2D eigenvalue weighted by atomic mass is 9.86. The van der Waals surface area contributed by atoms with Crippen LogP contribution in [0.5, 0.6) is 11.5 Å². The molecule has 0 N–H and O–H groups in total. The van der Waals surface area contributed by atoms with Gasteiger partial charge in [0.1, 0.15) is 17.3 Å². The quantitative estimate of drug-likeness (QED) is 0.129. The SMILES string of the molecule is Cc1c(-c2ccccc2)cccc1-[n+]1[c-]n(-c2cc(Oc3ccc4c5ccccc5n(-c5cc(C(C)(C)C)ccn5)c4c3)cc(C(C)(C)C)c2)cc1. The number of aromatic nitrogens is 4. The van der Waals surface area contributed by atoms with Gasteiger partial charge < -0.3 is 4.74 Å². The maximum absolute atomic E-state index is 6.76. The third-order valence-electron chi connectivity index (χ3n) is 9.99. The number of nitrogens with zero attached hydrogens (tertiary/aromatic N) is 4. The molecule has 52 heavy (non-hydrogen) atoms. The molecule has 0 radical (unpaired) electrons. The number of imidazole rings is 1. The molecule has 0 saturated heterocycles. The van der Waals surface area contributed by atoms with Gasteiger partial charge in [0.15, 0.2) is 0 Å². The average molecular weight is 681 g/mol. The monoisotopic (exact) mass is 680 g/mol. The van der Waals surface area contributed by atoms with Crippen LogP contribution in [0.4, 0.5) is 0 Å². The summed E-state index contributed by atoms with van der Waals surface area (Å²) < 4.78 is 13.1. The van der Waals surface area contributed by atoms with E-state index in [2.05, 4.69) is 198 Å². The van der Waals surface area contributed by atoms with Crippen molar-refractivity contribution < 1.29 is 9.30 Å². The zero-order valence-electron chi connectivity index (χ0n) is 31.0. The molecule has 0 amide bonds. The molecule has 3 heterocycles. The van der Waals surface area contributed by atoms with Gasteiger partial charge in [0, 0.05) is 35.4 Å². The van der Waals surface area contributed by atoms with Crippen LogP contribution in [-0.2, 0) is 10.8 Å². The zero-order valence-corrected chi connectivity index (χ0v) is 31.0. The number of hydrogen-bond donors (Lipinski definition) is 0. The van der Waals surface area contributed by atoms with Crippen LogP contribution in [0, 0.1) is 13.3 Å². The Balaban J connectivity index is 1.19. The Bertz CT molecular complexity index is 2580. The number of benzene rings is 5. The Labute approximate surface area is 306 Å². The van der Waals surface area contributed by atoms with Crippen molar-refractivity contribution in [2.24, 2.45) is 0 Å². The number of ether oxygens (including phenoxy) is 1. The largest absolute Gasteiger partial charge is 0.458 e. The first kappa shape index (κ1) is 33.2. The molecule has 8 aromatic rings. The molecule has 5 aromatic carbocycles. The van der Waals surface area contributed by atoms with Gasteiger partial charge in [-0.1, -0.05) is 102 Å². The van der Waals surface area contributed by atoms with E-state index in [1.54, 1.807) is 0 Å². The van der Waals surface area contributed by atoms with Gasteiger partial charge in [-0.2, -0.15) is 0 Å². The second kappa shape index (κ2) is 12.7. The van der Waals surface area contributed by atoms with E-state index >= 15 is 0 Å². The van der Waals surface area contributed by atoms with Crippen LogP contribution in [0.25, 0.3) is 50.1 Å². The third-order valence-corrected chi connectivity index (χ3v) is 9.99. The van der Waals surface area contributed by atoms with E-state index in [4.69, 9.17) is 9.72 Å². The molecule has 0 aliphatic carbocycles. The van der Waals surface area contributed by atoms with Crippen LogP contribution in [0.3, 0.4) is 0 Å². The van der Waals surface area contributed by atoms with Crippen molar-refractivity contribution in [1.29, 1.82) is 0 Å². The van der Waals surface area contributed by atoms with Crippen LogP contribution >= 0.6 is 0 Å². The van der Waals surface area contributed by atoms with Gasteiger partial charge >= 0.3 is 0 Å². The minimum atomic E-state index is -0.0992. The lowest BCUT2D eigenvalue weighted by molar-refractivity contribution is -0.599. The molecule has 5 nitrogen and oxygen atoms in total. The molecular weight excluding hydrogens is 637 g/mol. The zero-order chi connectivity index (χ0) is 36.2. The number of pyridine rings is 1. The summed E-state index contributed by atoms with van der Waals surface area (Å²) in [6.07, 6.45) is 9.62. The van der Waals surface area contributed by atoms with Gasteiger partial charge in [0.2, 0.25) is 0 Å². The third kappa shape index (κ3) is 6.17. The fraction of sp³-hybridized carbons (Fsp3) is 0.191. The maximum atomic E-state index is 6.76. The van der Waals surface area contributed by atoms with E-state index in [-0.39, 0.29) is 10.8 Å². The molecule has 0 aliphatic heterocycles. The lowest BCUT2D eigenvalue weighted by Crippen LogP contribution is -2.29. The summed E-state index contributed by atoms with van der Waals surface area (Å²) in [5.74, 6) is 2.43. The molecule has 0 unspecified atom stereocenters. The van der Waals surface area contributed by atoms with Gasteiger partial charge in [-0.05, 0) is 100 Å². The summed E-state index contributed by atoms with van der Waals surface area (Å²) in [6.45, 7) is 15.6. The van der Waals surface area contributed by atoms with Gasteiger partial charge in [-0.3, -0.25) is 13.7 Å². The Hall–Kier alpha value is -5.94. The van der Waals surface area contributed by atoms with E-state index in [0.29, 0.717) is 0 Å². The molecule has 0 fully saturated rings. The summed E-state index contributed by atoms with van der Waals surface area (Å²) in [6, 6.07) is 42.7. The van der Waals surface area contributed by atoms with Crippen LogP contribution in [0.15, 0.2) is 140 Å². The van der Waals surface area contributed by atoms with E-state index in [1.165, 1.54) is 33.2 Å². The molecule has 8 rings (SSSR count). The fourth-order valence-electron chi connectivity index (χ4n) is 7.03. The highest BCUT2D eigenvalue weighted by Crippen LogP contribution is 2.37. The normalized spacial score (nSPS) is 12.1. The van der Waals surface area contributed by atoms with Crippen LogP contribution < -0.4 is 9.30 Å². The van der Waals surface area contributed by atoms with Gasteiger partial charge in [0.05, 0.1) is 22.4 Å². The van der Waals surface area contributed by atoms with Crippen molar-refractivity contribution in [3.8, 4) is 39.8 Å². The summed E-state index contributed by atoms with van der Waals surface area (Å²) in [5, 5.41) is 2.35. The minimum Gasteiger partial charge on any atom is -0.458 e. The second-order valence-corrected chi connectivity index (χ2v) is 15.7. The topological polar surface area (TPSA) is 35.9 Å². The molecule has 0 saturated carbocycles. The maximum Gasteiger partial charge on any atom is 0.268 e. The fourth-order valence-corrected chi connectivity index (χ4v) is 7.03. The molecule has 0 aliphatic rings. The highest BCUT2D eigenvalue weighted by atomic mass is 16.5. The molecule has 3 aromatic heterocycles. The summed E-state index contributed by atoms with van der Waals surface area (Å²) in [4.78, 5) is 4.86. The summed E-state index contributed by atoms with van der Waals surface area (Å²) >= 11 is 0. The highest BCUT2D eigenvalue weighted by molar-refractivity contribution is 6.09. The van der Waals surface area contributed by atoms with Crippen LogP contribution in [-0.4, -0.2) is 14.1 Å². The van der Waals surface area contributed by atoms with E-state index in [0.717, 1.165) is 45.1 Å². The Morgan fingerprint density at radius 2 is 1.40 bits per heavy atom. The second-order valence-electron chi connectivity index (χ2n) is 15.7. The Morgan fingerprint density at radius 3 is 2.19 bits per heavy atom. The summed E-state index contributed by atoms with van der Waals surface area (Å²) in [7, 11) is 0. The predicted octanol–water partition coefficient (Wildman–Crippen LogP) is 11.4. The standard InChI is InChI=1S/C47H44N4O/c1-32-39(33-14-9-8-10-15-33)17-13-19-42(32)50-25-24-49(31-50)36-26-35(47(5,6)7)27-38(29-36)52-37-20-21-41-40-16-11-12-18-43(40)51(44(41)30-37)45-28-34(22-23-48-45)46(2,3)4/h8-30H,1-7H3. The van der Waals surface area contributed by atoms with Crippen molar-refractivity contribution in [3.05, 3.63) is 163 Å². The highest BCUT2D eigenvalue weighted by Gasteiger charge is 2.20. The van der Waals surface area contributed by atoms with Crippen molar-refractivity contribution in [3.63, 3.8) is 0 Å². The van der Waals surface area contributed by atoms with Crippen molar-refractivity contribution in [1.82, 2.24) is 14.1 Å². The van der Waals surface area contributed by atoms with Crippen molar-refractivity contribution in [2.75, 3.05) is 0 Å². The van der Waals surface area contributed by atoms with E-state index in [9.17, 15) is 0 Å².